The number of carbonyl (C=O) groups excluding carboxylic acids is 1. The van der Waals surface area contributed by atoms with Gasteiger partial charge in [0, 0.05) is 12.6 Å². The molecule has 27 heavy (non-hydrogen) atoms. The second-order valence-corrected chi connectivity index (χ2v) is 8.61. The van der Waals surface area contributed by atoms with E-state index in [9.17, 15) is 13.2 Å². The summed E-state index contributed by atoms with van der Waals surface area (Å²) in [6, 6.07) is 7.48. The van der Waals surface area contributed by atoms with Crippen LogP contribution in [0.5, 0.6) is 5.75 Å². The molecule has 1 unspecified atom stereocenters. The van der Waals surface area contributed by atoms with Crippen molar-refractivity contribution < 1.29 is 17.9 Å². The van der Waals surface area contributed by atoms with Crippen molar-refractivity contribution in [1.82, 2.24) is 15.3 Å². The highest BCUT2D eigenvalue weighted by atomic mass is 32.2. The maximum atomic E-state index is 12.1. The fourth-order valence-electron chi connectivity index (χ4n) is 2.83. The highest BCUT2D eigenvalue weighted by molar-refractivity contribution is 7.91. The molecule has 1 aliphatic rings. The van der Waals surface area contributed by atoms with Gasteiger partial charge in [0.1, 0.15) is 17.3 Å². The van der Waals surface area contributed by atoms with Gasteiger partial charge < -0.3 is 15.4 Å². The van der Waals surface area contributed by atoms with Gasteiger partial charge in [-0.2, -0.15) is 0 Å². The molecule has 1 saturated heterocycles. The lowest BCUT2D eigenvalue weighted by Gasteiger charge is -2.10. The Bertz CT molecular complexity index is 883. The molecule has 1 aromatic heterocycles. The molecular formula is C18H22N4O4S. The minimum atomic E-state index is -3.03. The lowest BCUT2D eigenvalue weighted by molar-refractivity contribution is 0.0935. The van der Waals surface area contributed by atoms with Crippen LogP contribution in [-0.2, 0) is 16.3 Å². The molecule has 0 saturated carbocycles. The fraction of sp³-hybridized carbons (Fsp3) is 0.389. The van der Waals surface area contributed by atoms with Crippen LogP contribution in [0.25, 0.3) is 0 Å². The number of sulfone groups is 1. The Morgan fingerprint density at radius 3 is 2.59 bits per heavy atom. The molecule has 144 valence electrons. The summed E-state index contributed by atoms with van der Waals surface area (Å²) in [5, 5.41) is 5.85. The van der Waals surface area contributed by atoms with E-state index in [0.717, 1.165) is 12.2 Å². The number of nitrogens with zero attached hydrogens (tertiary/aromatic N) is 2. The Hall–Kier alpha value is -2.68. The number of hydrogen-bond donors (Lipinski definition) is 2. The van der Waals surface area contributed by atoms with E-state index < -0.39 is 15.7 Å². The lowest BCUT2D eigenvalue weighted by atomic mass is 10.1. The van der Waals surface area contributed by atoms with Crippen LogP contribution < -0.4 is 15.4 Å². The van der Waals surface area contributed by atoms with Crippen molar-refractivity contribution in [2.24, 2.45) is 0 Å². The minimum absolute atomic E-state index is 0.0167. The SMILES string of the molecule is COc1ccc(CCNc2cnc(C(=O)NC3CCS(=O)(=O)C3)cn2)cc1. The van der Waals surface area contributed by atoms with E-state index in [4.69, 9.17) is 4.74 Å². The number of rotatable bonds is 7. The Morgan fingerprint density at radius 1 is 1.22 bits per heavy atom. The maximum absolute atomic E-state index is 12.1. The number of methoxy groups -OCH3 is 1. The first-order valence-electron chi connectivity index (χ1n) is 8.65. The minimum Gasteiger partial charge on any atom is -0.497 e. The monoisotopic (exact) mass is 390 g/mol. The Morgan fingerprint density at radius 2 is 2.00 bits per heavy atom. The molecule has 0 bridgehead atoms. The van der Waals surface area contributed by atoms with Crippen LogP contribution in [0.1, 0.15) is 22.5 Å². The number of ether oxygens (including phenoxy) is 1. The van der Waals surface area contributed by atoms with E-state index in [1.807, 2.05) is 24.3 Å². The topological polar surface area (TPSA) is 110 Å². The van der Waals surface area contributed by atoms with E-state index in [1.54, 1.807) is 7.11 Å². The van der Waals surface area contributed by atoms with Crippen molar-refractivity contribution in [1.29, 1.82) is 0 Å². The highest BCUT2D eigenvalue weighted by Gasteiger charge is 2.29. The Kier molecular flexibility index (Phi) is 5.90. The van der Waals surface area contributed by atoms with Gasteiger partial charge in [0.2, 0.25) is 0 Å². The summed E-state index contributed by atoms with van der Waals surface area (Å²) in [5.74, 6) is 1.08. The van der Waals surface area contributed by atoms with Gasteiger partial charge in [-0.1, -0.05) is 12.1 Å². The van der Waals surface area contributed by atoms with E-state index in [-0.39, 0.29) is 23.2 Å². The van der Waals surface area contributed by atoms with E-state index in [0.29, 0.717) is 18.8 Å². The number of aromatic nitrogens is 2. The smallest absolute Gasteiger partial charge is 0.271 e. The molecule has 1 atom stereocenters. The van der Waals surface area contributed by atoms with Crippen molar-refractivity contribution in [2.45, 2.75) is 18.9 Å². The van der Waals surface area contributed by atoms with Crippen molar-refractivity contribution in [2.75, 3.05) is 30.5 Å². The summed E-state index contributed by atoms with van der Waals surface area (Å²) in [5.41, 5.74) is 1.33. The van der Waals surface area contributed by atoms with Crippen LogP contribution >= 0.6 is 0 Å². The van der Waals surface area contributed by atoms with Crippen molar-refractivity contribution in [3.05, 3.63) is 47.9 Å². The summed E-state index contributed by atoms with van der Waals surface area (Å²) in [6.45, 7) is 0.673. The summed E-state index contributed by atoms with van der Waals surface area (Å²) < 4.78 is 28.0. The normalized spacial score (nSPS) is 18.0. The van der Waals surface area contributed by atoms with Crippen LogP contribution in [0, 0.1) is 0 Å². The first-order valence-corrected chi connectivity index (χ1v) is 10.5. The maximum Gasteiger partial charge on any atom is 0.271 e. The van der Waals surface area contributed by atoms with E-state index in [2.05, 4.69) is 20.6 Å². The highest BCUT2D eigenvalue weighted by Crippen LogP contribution is 2.13. The summed E-state index contributed by atoms with van der Waals surface area (Å²) in [7, 11) is -1.40. The molecule has 2 heterocycles. The Labute approximate surface area is 158 Å². The van der Waals surface area contributed by atoms with Crippen LogP contribution in [-0.4, -0.2) is 55.5 Å². The molecule has 1 aromatic carbocycles. The largest absolute Gasteiger partial charge is 0.497 e. The van der Waals surface area contributed by atoms with Crippen LogP contribution in [0.2, 0.25) is 0 Å². The van der Waals surface area contributed by atoms with E-state index >= 15 is 0 Å². The molecule has 1 amide bonds. The van der Waals surface area contributed by atoms with Gasteiger partial charge in [0.25, 0.3) is 5.91 Å². The van der Waals surface area contributed by atoms with Gasteiger partial charge in [-0.15, -0.1) is 0 Å². The molecular weight excluding hydrogens is 368 g/mol. The quantitative estimate of drug-likeness (QED) is 0.727. The molecule has 2 aromatic rings. The van der Waals surface area contributed by atoms with Gasteiger partial charge >= 0.3 is 0 Å². The predicted molar refractivity (Wildman–Crippen MR) is 102 cm³/mol. The average molecular weight is 390 g/mol. The number of hydrogen-bond acceptors (Lipinski definition) is 7. The molecule has 0 spiro atoms. The predicted octanol–water partition coefficient (Wildman–Crippen LogP) is 1.06. The first-order chi connectivity index (χ1) is 12.9. The molecule has 1 aliphatic heterocycles. The van der Waals surface area contributed by atoms with Gasteiger partial charge in [0.05, 0.1) is 31.0 Å². The van der Waals surface area contributed by atoms with E-state index in [1.165, 1.54) is 18.0 Å². The van der Waals surface area contributed by atoms with Gasteiger partial charge in [-0.3, -0.25) is 4.79 Å². The Balaban J connectivity index is 1.47. The molecule has 8 nitrogen and oxygen atoms in total. The van der Waals surface area contributed by atoms with Gasteiger partial charge in [-0.05, 0) is 30.5 Å². The number of nitrogens with one attached hydrogen (secondary N) is 2. The number of carbonyl (C=O) groups is 1. The molecule has 9 heteroatoms. The second kappa shape index (κ2) is 8.34. The van der Waals surface area contributed by atoms with Crippen LogP contribution in [0.15, 0.2) is 36.7 Å². The summed E-state index contributed by atoms with van der Waals surface area (Å²) in [6.07, 6.45) is 4.12. The molecule has 2 N–H and O–H groups in total. The number of anilines is 1. The number of benzene rings is 1. The molecule has 0 radical (unpaired) electrons. The zero-order valence-electron chi connectivity index (χ0n) is 15.0. The summed E-state index contributed by atoms with van der Waals surface area (Å²) in [4.78, 5) is 20.4. The van der Waals surface area contributed by atoms with Gasteiger partial charge in [-0.25, -0.2) is 18.4 Å². The lowest BCUT2D eigenvalue weighted by Crippen LogP contribution is -2.36. The molecule has 3 rings (SSSR count). The van der Waals surface area contributed by atoms with Gasteiger partial charge in [0.15, 0.2) is 9.84 Å². The zero-order chi connectivity index (χ0) is 19.3. The zero-order valence-corrected chi connectivity index (χ0v) is 15.8. The average Bonchev–Trinajstić information content (AvgIpc) is 3.01. The van der Waals surface area contributed by atoms with Crippen molar-refractivity contribution >= 4 is 21.6 Å². The fourth-order valence-corrected chi connectivity index (χ4v) is 4.51. The third-order valence-corrected chi connectivity index (χ3v) is 6.10. The standard InChI is InChI=1S/C18H22N4O4S/c1-26-15-4-2-13(3-5-15)6-8-19-17-11-20-16(10-21-17)18(23)22-14-7-9-27(24,25)12-14/h2-5,10-11,14H,6-9,12H2,1H3,(H,19,21)(H,22,23). The molecule has 1 fully saturated rings. The van der Waals surface area contributed by atoms with Crippen LogP contribution in [0.3, 0.4) is 0 Å². The first kappa shape index (κ1) is 19.1. The van der Waals surface area contributed by atoms with Crippen molar-refractivity contribution in [3.63, 3.8) is 0 Å². The molecule has 0 aliphatic carbocycles. The second-order valence-electron chi connectivity index (χ2n) is 6.39. The van der Waals surface area contributed by atoms with Crippen LogP contribution in [0.4, 0.5) is 5.82 Å². The number of amides is 1. The summed E-state index contributed by atoms with van der Waals surface area (Å²) >= 11 is 0. The third-order valence-electron chi connectivity index (χ3n) is 4.33. The third kappa shape index (κ3) is 5.40. The van der Waals surface area contributed by atoms with Crippen molar-refractivity contribution in [3.8, 4) is 5.75 Å².